The molecule has 0 aliphatic rings. The van der Waals surface area contributed by atoms with Crippen LogP contribution < -0.4 is 0 Å². The minimum atomic E-state index is -1.34. The van der Waals surface area contributed by atoms with Crippen LogP contribution in [0.2, 0.25) is 0 Å². The molecule has 1 heterocycles. The summed E-state index contributed by atoms with van der Waals surface area (Å²) in [5.41, 5.74) is -0.0782. The summed E-state index contributed by atoms with van der Waals surface area (Å²) >= 11 is 0. The lowest BCUT2D eigenvalue weighted by molar-refractivity contribution is 0.0732. The van der Waals surface area contributed by atoms with Crippen LogP contribution >= 0.6 is 0 Å². The van der Waals surface area contributed by atoms with Gasteiger partial charge in [-0.2, -0.15) is 0 Å². The number of carbonyl (C=O) groups excluding carboxylic acids is 1. The first-order valence-corrected chi connectivity index (χ1v) is 5.73. The van der Waals surface area contributed by atoms with Gasteiger partial charge >= 0.3 is 0 Å². The quantitative estimate of drug-likeness (QED) is 0.814. The summed E-state index contributed by atoms with van der Waals surface area (Å²) in [5, 5.41) is 3.67. The molecule has 1 aromatic carbocycles. The van der Waals surface area contributed by atoms with E-state index in [4.69, 9.17) is 0 Å². The predicted octanol–water partition coefficient (Wildman–Crippen LogP) is 2.93. The summed E-state index contributed by atoms with van der Waals surface area (Å²) in [5.74, 6) is -4.52. The van der Waals surface area contributed by atoms with E-state index in [2.05, 4.69) is 9.68 Å². The molecule has 0 saturated heterocycles. The lowest BCUT2D eigenvalue weighted by Crippen LogP contribution is -2.30. The highest BCUT2D eigenvalue weighted by molar-refractivity contribution is 5.94. The van der Waals surface area contributed by atoms with E-state index in [1.165, 1.54) is 13.3 Å². The molecule has 0 radical (unpaired) electrons. The minimum Gasteiger partial charge on any atom is -0.364 e. The standard InChI is InChI=1S/C13H11F3N2O2/c1-7(12-3-4-20-17-12)18(2)13(19)8-5-10(15)11(16)6-9(8)14/h3-7H,1-2H3. The Bertz CT molecular complexity index is 629. The van der Waals surface area contributed by atoms with E-state index >= 15 is 0 Å². The molecule has 20 heavy (non-hydrogen) atoms. The molecule has 0 fully saturated rings. The average Bonchev–Trinajstić information content (AvgIpc) is 2.94. The SMILES string of the molecule is CC(c1ccon1)N(C)C(=O)c1cc(F)c(F)cc1F. The molecule has 1 atom stereocenters. The van der Waals surface area contributed by atoms with Gasteiger partial charge in [0.2, 0.25) is 0 Å². The lowest BCUT2D eigenvalue weighted by Gasteiger charge is -2.23. The number of halogens is 3. The molecule has 1 unspecified atom stereocenters. The van der Waals surface area contributed by atoms with Gasteiger partial charge in [0.1, 0.15) is 17.8 Å². The summed E-state index contributed by atoms with van der Waals surface area (Å²) in [6.45, 7) is 1.65. The van der Waals surface area contributed by atoms with E-state index < -0.39 is 35.0 Å². The Labute approximate surface area is 112 Å². The molecule has 7 heteroatoms. The fourth-order valence-corrected chi connectivity index (χ4v) is 1.69. The first kappa shape index (κ1) is 14.1. The Morgan fingerprint density at radius 2 is 1.90 bits per heavy atom. The van der Waals surface area contributed by atoms with Crippen LogP contribution in [-0.2, 0) is 0 Å². The van der Waals surface area contributed by atoms with Crippen molar-refractivity contribution in [1.29, 1.82) is 0 Å². The van der Waals surface area contributed by atoms with Crippen molar-refractivity contribution in [3.63, 3.8) is 0 Å². The van der Waals surface area contributed by atoms with Crippen molar-refractivity contribution in [2.75, 3.05) is 7.05 Å². The molecule has 0 bridgehead atoms. The fraction of sp³-hybridized carbons (Fsp3) is 0.231. The highest BCUT2D eigenvalue weighted by Crippen LogP contribution is 2.21. The molecule has 106 valence electrons. The second-order valence-electron chi connectivity index (χ2n) is 4.26. The van der Waals surface area contributed by atoms with Crippen LogP contribution in [0.5, 0.6) is 0 Å². The first-order valence-electron chi connectivity index (χ1n) is 5.73. The van der Waals surface area contributed by atoms with Crippen molar-refractivity contribution in [3.8, 4) is 0 Å². The van der Waals surface area contributed by atoms with Gasteiger partial charge in [0, 0.05) is 19.2 Å². The molecule has 0 saturated carbocycles. The average molecular weight is 284 g/mol. The molecular weight excluding hydrogens is 273 g/mol. The maximum absolute atomic E-state index is 13.6. The Hall–Kier alpha value is -2.31. The van der Waals surface area contributed by atoms with Gasteiger partial charge in [-0.3, -0.25) is 4.79 Å². The second kappa shape index (κ2) is 5.36. The van der Waals surface area contributed by atoms with Gasteiger partial charge in [0.05, 0.1) is 11.6 Å². The fourth-order valence-electron chi connectivity index (χ4n) is 1.69. The Kier molecular flexibility index (Phi) is 3.78. The topological polar surface area (TPSA) is 46.3 Å². The molecule has 0 spiro atoms. The van der Waals surface area contributed by atoms with Gasteiger partial charge in [-0.1, -0.05) is 5.16 Å². The third-order valence-corrected chi connectivity index (χ3v) is 3.03. The Balaban J connectivity index is 2.29. The van der Waals surface area contributed by atoms with E-state index in [0.29, 0.717) is 17.8 Å². The van der Waals surface area contributed by atoms with Gasteiger partial charge < -0.3 is 9.42 Å². The lowest BCUT2D eigenvalue weighted by atomic mass is 10.1. The Morgan fingerprint density at radius 3 is 2.50 bits per heavy atom. The summed E-state index contributed by atoms with van der Waals surface area (Å²) in [6, 6.07) is 1.93. The number of amides is 1. The largest absolute Gasteiger partial charge is 0.364 e. The molecule has 1 aromatic heterocycles. The summed E-state index contributed by atoms with van der Waals surface area (Å²) in [7, 11) is 1.41. The van der Waals surface area contributed by atoms with Crippen molar-refractivity contribution in [1.82, 2.24) is 10.1 Å². The van der Waals surface area contributed by atoms with Crippen LogP contribution in [0.1, 0.15) is 29.0 Å². The van der Waals surface area contributed by atoms with Gasteiger partial charge in [-0.15, -0.1) is 0 Å². The second-order valence-corrected chi connectivity index (χ2v) is 4.26. The van der Waals surface area contributed by atoms with Crippen molar-refractivity contribution in [2.24, 2.45) is 0 Å². The van der Waals surface area contributed by atoms with E-state index in [1.54, 1.807) is 13.0 Å². The molecule has 1 amide bonds. The maximum Gasteiger partial charge on any atom is 0.257 e. The zero-order chi connectivity index (χ0) is 14.9. The molecule has 2 aromatic rings. The van der Waals surface area contributed by atoms with E-state index in [9.17, 15) is 18.0 Å². The summed E-state index contributed by atoms with van der Waals surface area (Å²) < 4.78 is 44.2. The maximum atomic E-state index is 13.6. The third-order valence-electron chi connectivity index (χ3n) is 3.03. The van der Waals surface area contributed by atoms with Crippen LogP contribution in [0.25, 0.3) is 0 Å². The van der Waals surface area contributed by atoms with E-state index in [-0.39, 0.29) is 0 Å². The molecular formula is C13H11F3N2O2. The predicted molar refractivity (Wildman–Crippen MR) is 63.3 cm³/mol. The molecule has 2 rings (SSSR count). The Morgan fingerprint density at radius 1 is 1.25 bits per heavy atom. The van der Waals surface area contributed by atoms with E-state index in [1.807, 2.05) is 0 Å². The van der Waals surface area contributed by atoms with Crippen molar-refractivity contribution in [3.05, 3.63) is 53.2 Å². The van der Waals surface area contributed by atoms with Crippen LogP contribution in [-0.4, -0.2) is 23.0 Å². The molecule has 0 aliphatic carbocycles. The number of aromatic nitrogens is 1. The van der Waals surface area contributed by atoms with Crippen LogP contribution in [0.15, 0.2) is 29.0 Å². The number of hydrogen-bond acceptors (Lipinski definition) is 3. The van der Waals surface area contributed by atoms with Crippen molar-refractivity contribution < 1.29 is 22.5 Å². The minimum absolute atomic E-state index is 0.344. The van der Waals surface area contributed by atoms with Gasteiger partial charge in [0.15, 0.2) is 11.6 Å². The molecule has 0 N–H and O–H groups in total. The number of nitrogens with zero attached hydrogens (tertiary/aromatic N) is 2. The molecule has 4 nitrogen and oxygen atoms in total. The van der Waals surface area contributed by atoms with Gasteiger partial charge in [-0.05, 0) is 13.0 Å². The number of benzene rings is 1. The van der Waals surface area contributed by atoms with Crippen LogP contribution in [0.4, 0.5) is 13.2 Å². The van der Waals surface area contributed by atoms with E-state index in [0.717, 1.165) is 4.90 Å². The molecule has 0 aliphatic heterocycles. The summed E-state index contributed by atoms with van der Waals surface area (Å²) in [4.78, 5) is 13.3. The normalized spacial score (nSPS) is 12.2. The third kappa shape index (κ3) is 2.52. The number of hydrogen-bond donors (Lipinski definition) is 0. The zero-order valence-electron chi connectivity index (χ0n) is 10.7. The highest BCUT2D eigenvalue weighted by Gasteiger charge is 2.24. The van der Waals surface area contributed by atoms with Gasteiger partial charge in [-0.25, -0.2) is 13.2 Å². The smallest absolute Gasteiger partial charge is 0.257 e. The van der Waals surface area contributed by atoms with Crippen LogP contribution in [0.3, 0.4) is 0 Å². The number of carbonyl (C=O) groups is 1. The van der Waals surface area contributed by atoms with Gasteiger partial charge in [0.25, 0.3) is 5.91 Å². The monoisotopic (exact) mass is 284 g/mol. The van der Waals surface area contributed by atoms with Crippen molar-refractivity contribution in [2.45, 2.75) is 13.0 Å². The first-order chi connectivity index (χ1) is 9.41. The van der Waals surface area contributed by atoms with Crippen LogP contribution in [0, 0.1) is 17.5 Å². The summed E-state index contributed by atoms with van der Waals surface area (Å²) in [6.07, 6.45) is 1.34. The number of rotatable bonds is 3. The highest BCUT2D eigenvalue weighted by atomic mass is 19.2. The zero-order valence-corrected chi connectivity index (χ0v) is 10.7. The van der Waals surface area contributed by atoms with Crippen molar-refractivity contribution >= 4 is 5.91 Å².